The zero-order valence-electron chi connectivity index (χ0n) is 15.7. The van der Waals surface area contributed by atoms with Crippen LogP contribution in [0, 0.1) is 6.92 Å². The number of hydrogen-bond donors (Lipinski definition) is 2. The number of fused-ring (bicyclic) bond motifs is 1. The molecule has 1 aliphatic rings. The number of rotatable bonds is 5. The highest BCUT2D eigenvalue weighted by atomic mass is 16.5. The molecule has 2 N–H and O–H groups in total. The molecule has 6 nitrogen and oxygen atoms in total. The third kappa shape index (κ3) is 4.58. The van der Waals surface area contributed by atoms with Gasteiger partial charge in [0.15, 0.2) is 0 Å². The quantitative estimate of drug-likeness (QED) is 0.797. The van der Waals surface area contributed by atoms with Crippen LogP contribution in [0.5, 0.6) is 5.75 Å². The van der Waals surface area contributed by atoms with Gasteiger partial charge in [0, 0.05) is 17.8 Å². The largest absolute Gasteiger partial charge is 0.494 e. The van der Waals surface area contributed by atoms with Crippen LogP contribution >= 0.6 is 0 Å². The van der Waals surface area contributed by atoms with Crippen molar-refractivity contribution < 1.29 is 14.3 Å². The number of benzene rings is 2. The van der Waals surface area contributed by atoms with Gasteiger partial charge in [-0.15, -0.1) is 0 Å². The number of carbonyl (C=O) groups excluding carboxylic acids is 2. The fraction of sp³-hybridized carbons (Fsp3) is 0.333. The monoisotopic (exact) mass is 367 g/mol. The van der Waals surface area contributed by atoms with E-state index in [2.05, 4.69) is 16.9 Å². The van der Waals surface area contributed by atoms with Gasteiger partial charge in [-0.2, -0.15) is 0 Å². The lowest BCUT2D eigenvalue weighted by atomic mass is 10.0. The van der Waals surface area contributed by atoms with Gasteiger partial charge in [-0.1, -0.05) is 18.2 Å². The molecule has 2 amide bonds. The normalized spacial score (nSPS) is 12.9. The van der Waals surface area contributed by atoms with E-state index < -0.39 is 0 Å². The Balaban J connectivity index is 1.55. The van der Waals surface area contributed by atoms with E-state index in [1.807, 2.05) is 36.9 Å². The number of amides is 2. The molecule has 0 unspecified atom stereocenters. The highest BCUT2D eigenvalue weighted by Crippen LogP contribution is 2.26. The first-order valence-corrected chi connectivity index (χ1v) is 9.24. The van der Waals surface area contributed by atoms with Crippen molar-refractivity contribution in [2.24, 2.45) is 0 Å². The summed E-state index contributed by atoms with van der Waals surface area (Å²) in [4.78, 5) is 26.6. The molecule has 6 heteroatoms. The van der Waals surface area contributed by atoms with Gasteiger partial charge in [0.1, 0.15) is 5.75 Å². The van der Waals surface area contributed by atoms with Crippen LogP contribution in [0.3, 0.4) is 0 Å². The summed E-state index contributed by atoms with van der Waals surface area (Å²) < 4.78 is 5.48. The third-order valence-corrected chi connectivity index (χ3v) is 4.59. The first-order chi connectivity index (χ1) is 13.1. The van der Waals surface area contributed by atoms with Crippen LogP contribution < -0.4 is 20.5 Å². The van der Waals surface area contributed by atoms with Gasteiger partial charge in [-0.25, -0.2) is 0 Å². The van der Waals surface area contributed by atoms with Crippen LogP contribution in [-0.4, -0.2) is 31.5 Å². The zero-order chi connectivity index (χ0) is 19.2. The van der Waals surface area contributed by atoms with E-state index in [0.29, 0.717) is 12.2 Å². The highest BCUT2D eigenvalue weighted by Gasteiger charge is 2.19. The molecule has 3 rings (SSSR count). The molecule has 0 radical (unpaired) electrons. The molecule has 0 aromatic heterocycles. The zero-order valence-corrected chi connectivity index (χ0v) is 15.7. The van der Waals surface area contributed by atoms with Crippen molar-refractivity contribution in [3.63, 3.8) is 0 Å². The second-order valence-corrected chi connectivity index (χ2v) is 6.57. The van der Waals surface area contributed by atoms with Crippen molar-refractivity contribution in [3.05, 3.63) is 59.2 Å². The first kappa shape index (κ1) is 18.8. The summed E-state index contributed by atoms with van der Waals surface area (Å²) in [5.41, 5.74) is 8.68. The molecule has 0 saturated carbocycles. The minimum atomic E-state index is -0.353. The maximum atomic E-state index is 12.3. The van der Waals surface area contributed by atoms with Crippen LogP contribution in [0.2, 0.25) is 0 Å². The SMILES string of the molecule is CCOc1ccc(C(=O)NNC(=O)CN2CCCc3ccccc32)cc1C. The molecule has 2 aromatic rings. The van der Waals surface area contributed by atoms with E-state index in [-0.39, 0.29) is 18.4 Å². The number of aryl methyl sites for hydroxylation is 2. The minimum absolute atomic E-state index is 0.208. The van der Waals surface area contributed by atoms with Crippen LogP contribution in [0.15, 0.2) is 42.5 Å². The van der Waals surface area contributed by atoms with E-state index in [9.17, 15) is 9.59 Å². The molecular weight excluding hydrogens is 342 g/mol. The second-order valence-electron chi connectivity index (χ2n) is 6.57. The van der Waals surface area contributed by atoms with Gasteiger partial charge in [-0.3, -0.25) is 20.4 Å². The molecule has 0 atom stereocenters. The molecule has 0 spiro atoms. The number of hydrazine groups is 1. The van der Waals surface area contributed by atoms with Crippen LogP contribution in [0.1, 0.15) is 34.8 Å². The van der Waals surface area contributed by atoms with Gasteiger partial charge in [0.05, 0.1) is 13.2 Å². The Morgan fingerprint density at radius 2 is 1.96 bits per heavy atom. The van der Waals surface area contributed by atoms with Crippen molar-refractivity contribution in [1.29, 1.82) is 0 Å². The predicted octanol–water partition coefficient (Wildman–Crippen LogP) is 2.61. The molecule has 0 aliphatic carbocycles. The number of anilines is 1. The molecule has 2 aromatic carbocycles. The van der Waals surface area contributed by atoms with E-state index in [0.717, 1.165) is 36.4 Å². The van der Waals surface area contributed by atoms with Crippen LogP contribution in [-0.2, 0) is 11.2 Å². The van der Waals surface area contributed by atoms with Gasteiger partial charge >= 0.3 is 0 Å². The summed E-state index contributed by atoms with van der Waals surface area (Å²) in [6.45, 7) is 5.41. The van der Waals surface area contributed by atoms with Crippen molar-refractivity contribution in [2.45, 2.75) is 26.7 Å². The van der Waals surface area contributed by atoms with Crippen molar-refractivity contribution >= 4 is 17.5 Å². The smallest absolute Gasteiger partial charge is 0.269 e. The number of para-hydroxylation sites is 1. The van der Waals surface area contributed by atoms with Gasteiger partial charge in [0.25, 0.3) is 11.8 Å². The van der Waals surface area contributed by atoms with Gasteiger partial charge in [-0.05, 0) is 62.1 Å². The first-order valence-electron chi connectivity index (χ1n) is 9.24. The molecule has 142 valence electrons. The molecule has 1 aliphatic heterocycles. The van der Waals surface area contributed by atoms with E-state index >= 15 is 0 Å². The molecule has 0 bridgehead atoms. The Hall–Kier alpha value is -3.02. The summed E-state index contributed by atoms with van der Waals surface area (Å²) in [6, 6.07) is 13.3. The van der Waals surface area contributed by atoms with E-state index in [1.165, 1.54) is 5.56 Å². The maximum Gasteiger partial charge on any atom is 0.269 e. The van der Waals surface area contributed by atoms with Gasteiger partial charge in [0.2, 0.25) is 0 Å². The van der Waals surface area contributed by atoms with Crippen LogP contribution in [0.4, 0.5) is 5.69 Å². The standard InChI is InChI=1S/C21H25N3O3/c1-3-27-19-11-10-17(13-15(19)2)21(26)23-22-20(25)14-24-12-6-8-16-7-4-5-9-18(16)24/h4-5,7,9-11,13H,3,6,8,12,14H2,1-2H3,(H,22,25)(H,23,26). The lowest BCUT2D eigenvalue weighted by Gasteiger charge is -2.30. The molecule has 27 heavy (non-hydrogen) atoms. The number of carbonyl (C=O) groups is 2. The van der Waals surface area contributed by atoms with Crippen molar-refractivity contribution in [3.8, 4) is 5.75 Å². The highest BCUT2D eigenvalue weighted by molar-refractivity contribution is 5.96. The Bertz CT molecular complexity index is 835. The lowest BCUT2D eigenvalue weighted by molar-refractivity contribution is -0.120. The number of nitrogens with zero attached hydrogens (tertiary/aromatic N) is 1. The Morgan fingerprint density at radius 1 is 1.15 bits per heavy atom. The third-order valence-electron chi connectivity index (χ3n) is 4.59. The summed E-state index contributed by atoms with van der Waals surface area (Å²) in [6.07, 6.45) is 2.05. The fourth-order valence-electron chi connectivity index (χ4n) is 3.30. The summed E-state index contributed by atoms with van der Waals surface area (Å²) >= 11 is 0. The van der Waals surface area contributed by atoms with Crippen LogP contribution in [0.25, 0.3) is 0 Å². The Labute approximate surface area is 159 Å². The minimum Gasteiger partial charge on any atom is -0.494 e. The summed E-state index contributed by atoms with van der Waals surface area (Å²) in [5.74, 6) is 0.151. The van der Waals surface area contributed by atoms with E-state index in [4.69, 9.17) is 4.74 Å². The number of nitrogens with one attached hydrogen (secondary N) is 2. The molecule has 0 saturated heterocycles. The fourth-order valence-corrected chi connectivity index (χ4v) is 3.30. The number of hydrogen-bond acceptors (Lipinski definition) is 4. The average Bonchev–Trinajstić information content (AvgIpc) is 2.68. The van der Waals surface area contributed by atoms with Crippen molar-refractivity contribution in [2.75, 3.05) is 24.6 Å². The number of ether oxygens (including phenoxy) is 1. The topological polar surface area (TPSA) is 70.7 Å². The predicted molar refractivity (Wildman–Crippen MR) is 105 cm³/mol. The Morgan fingerprint density at radius 3 is 2.74 bits per heavy atom. The molecule has 1 heterocycles. The van der Waals surface area contributed by atoms with Gasteiger partial charge < -0.3 is 9.64 Å². The van der Waals surface area contributed by atoms with Crippen molar-refractivity contribution in [1.82, 2.24) is 10.9 Å². The summed E-state index contributed by atoms with van der Waals surface area (Å²) in [7, 11) is 0. The molecular formula is C21H25N3O3. The summed E-state index contributed by atoms with van der Waals surface area (Å²) in [5, 5.41) is 0. The maximum absolute atomic E-state index is 12.3. The second kappa shape index (κ2) is 8.58. The van der Waals surface area contributed by atoms with E-state index in [1.54, 1.807) is 18.2 Å². The Kier molecular flexibility index (Phi) is 5.96. The lowest BCUT2D eigenvalue weighted by Crippen LogP contribution is -2.47. The molecule has 0 fully saturated rings. The average molecular weight is 367 g/mol.